The normalized spacial score (nSPS) is 16.5. The summed E-state index contributed by atoms with van der Waals surface area (Å²) in [4.78, 5) is 14.4. The molecule has 1 aliphatic heterocycles. The summed E-state index contributed by atoms with van der Waals surface area (Å²) in [6, 6.07) is 10.1. The number of nitrogens with two attached hydrogens (primary N) is 1. The maximum Gasteiger partial charge on any atom is 0.226 e. The molecule has 1 fully saturated rings. The minimum atomic E-state index is 0.207. The number of rotatable bonds is 3. The number of fused-ring (bicyclic) bond motifs is 1. The van der Waals surface area contributed by atoms with Crippen molar-refractivity contribution < 1.29 is 14.3 Å². The van der Waals surface area contributed by atoms with Gasteiger partial charge in [-0.1, -0.05) is 12.1 Å². The van der Waals surface area contributed by atoms with Crippen LogP contribution in [0.15, 0.2) is 30.3 Å². The van der Waals surface area contributed by atoms with Gasteiger partial charge in [-0.05, 0) is 54.7 Å². The van der Waals surface area contributed by atoms with E-state index in [4.69, 9.17) is 15.2 Å². The van der Waals surface area contributed by atoms with Gasteiger partial charge in [-0.15, -0.1) is 0 Å². The Hall–Kier alpha value is -2.69. The zero-order chi connectivity index (χ0) is 18.3. The van der Waals surface area contributed by atoms with Crippen LogP contribution in [0, 0.1) is 12.8 Å². The van der Waals surface area contributed by atoms with Crippen molar-refractivity contribution in [1.29, 1.82) is 0 Å². The van der Waals surface area contributed by atoms with Crippen LogP contribution in [-0.2, 0) is 11.3 Å². The summed E-state index contributed by atoms with van der Waals surface area (Å²) in [5.74, 6) is 1.88. The van der Waals surface area contributed by atoms with Crippen molar-refractivity contribution in [2.45, 2.75) is 26.3 Å². The second-order valence-corrected chi connectivity index (χ2v) is 7.12. The second-order valence-electron chi connectivity index (χ2n) is 7.12. The molecule has 0 aromatic heterocycles. The quantitative estimate of drug-likeness (QED) is 0.860. The molecule has 0 bridgehead atoms. The van der Waals surface area contributed by atoms with Crippen molar-refractivity contribution in [3.8, 4) is 22.6 Å². The van der Waals surface area contributed by atoms with Gasteiger partial charge in [0, 0.05) is 23.7 Å². The fourth-order valence-corrected chi connectivity index (χ4v) is 3.40. The standard InChI is InChI=1S/C21H24N2O3/c1-13-3-4-15(10-18(13)22)16-9-17-12-23(21(24)14-5-6-14)7-8-26-20(17)19(11-16)25-2/h3-4,9-11,14H,5-8,12,22H2,1-2H3. The molecule has 1 heterocycles. The number of benzene rings is 2. The van der Waals surface area contributed by atoms with Gasteiger partial charge in [-0.2, -0.15) is 0 Å². The van der Waals surface area contributed by atoms with Crippen molar-refractivity contribution >= 4 is 11.6 Å². The Kier molecular flexibility index (Phi) is 4.23. The van der Waals surface area contributed by atoms with Crippen LogP contribution in [0.4, 0.5) is 5.69 Å². The van der Waals surface area contributed by atoms with E-state index in [9.17, 15) is 4.79 Å². The lowest BCUT2D eigenvalue weighted by Crippen LogP contribution is -2.33. The summed E-state index contributed by atoms with van der Waals surface area (Å²) < 4.78 is 11.5. The van der Waals surface area contributed by atoms with Crippen molar-refractivity contribution in [1.82, 2.24) is 4.90 Å². The maximum absolute atomic E-state index is 12.5. The molecule has 26 heavy (non-hydrogen) atoms. The fourth-order valence-electron chi connectivity index (χ4n) is 3.40. The molecule has 2 aromatic rings. The Morgan fingerprint density at radius 3 is 2.73 bits per heavy atom. The lowest BCUT2D eigenvalue weighted by atomic mass is 9.99. The molecule has 136 valence electrons. The number of hydrogen-bond acceptors (Lipinski definition) is 4. The summed E-state index contributed by atoms with van der Waals surface area (Å²) in [6.07, 6.45) is 2.02. The Morgan fingerprint density at radius 1 is 1.23 bits per heavy atom. The highest BCUT2D eigenvalue weighted by Gasteiger charge is 2.34. The molecule has 1 aliphatic carbocycles. The predicted octanol–water partition coefficient (Wildman–Crippen LogP) is 3.38. The maximum atomic E-state index is 12.5. The first-order valence-corrected chi connectivity index (χ1v) is 9.06. The molecule has 0 spiro atoms. The van der Waals surface area contributed by atoms with Crippen LogP contribution in [0.1, 0.15) is 24.0 Å². The fraction of sp³-hybridized carbons (Fsp3) is 0.381. The Balaban J connectivity index is 1.74. The van der Waals surface area contributed by atoms with Crippen LogP contribution in [0.25, 0.3) is 11.1 Å². The third kappa shape index (κ3) is 3.09. The monoisotopic (exact) mass is 352 g/mol. The number of aryl methyl sites for hydroxylation is 1. The van der Waals surface area contributed by atoms with Crippen molar-refractivity contribution in [3.05, 3.63) is 41.5 Å². The number of hydrogen-bond donors (Lipinski definition) is 1. The van der Waals surface area contributed by atoms with Gasteiger partial charge in [0.2, 0.25) is 5.91 Å². The minimum absolute atomic E-state index is 0.207. The van der Waals surface area contributed by atoms with Gasteiger partial charge >= 0.3 is 0 Å². The lowest BCUT2D eigenvalue weighted by molar-refractivity contribution is -0.133. The van der Waals surface area contributed by atoms with E-state index in [1.165, 1.54) is 0 Å². The number of ether oxygens (including phenoxy) is 2. The SMILES string of the molecule is COc1cc(-c2ccc(C)c(N)c2)cc2c1OCCN(C(=O)C1CC1)C2. The average Bonchev–Trinajstić information content (AvgIpc) is 3.48. The molecule has 0 unspecified atom stereocenters. The van der Waals surface area contributed by atoms with E-state index in [1.807, 2.05) is 30.0 Å². The number of nitrogen functional groups attached to an aromatic ring is 1. The highest BCUT2D eigenvalue weighted by atomic mass is 16.5. The summed E-state index contributed by atoms with van der Waals surface area (Å²) in [5, 5.41) is 0. The zero-order valence-electron chi connectivity index (χ0n) is 15.2. The lowest BCUT2D eigenvalue weighted by Gasteiger charge is -2.20. The van der Waals surface area contributed by atoms with Gasteiger partial charge in [0.15, 0.2) is 11.5 Å². The number of nitrogens with zero attached hydrogens (tertiary/aromatic N) is 1. The third-order valence-electron chi connectivity index (χ3n) is 5.17. The number of methoxy groups -OCH3 is 1. The highest BCUT2D eigenvalue weighted by Crippen LogP contribution is 2.40. The van der Waals surface area contributed by atoms with Gasteiger partial charge in [-0.25, -0.2) is 0 Å². The van der Waals surface area contributed by atoms with Gasteiger partial charge < -0.3 is 20.1 Å². The van der Waals surface area contributed by atoms with Crippen molar-refractivity contribution in [2.75, 3.05) is 26.0 Å². The Bertz CT molecular complexity index is 859. The molecule has 2 N–H and O–H groups in total. The molecular formula is C21H24N2O3. The average molecular weight is 352 g/mol. The summed E-state index contributed by atoms with van der Waals surface area (Å²) in [7, 11) is 1.64. The summed E-state index contributed by atoms with van der Waals surface area (Å²) >= 11 is 0. The van der Waals surface area contributed by atoms with Crippen LogP contribution in [0.2, 0.25) is 0 Å². The van der Waals surface area contributed by atoms with Crippen LogP contribution < -0.4 is 15.2 Å². The molecule has 4 rings (SSSR count). The molecule has 0 radical (unpaired) electrons. The van der Waals surface area contributed by atoms with Gasteiger partial charge in [0.05, 0.1) is 13.7 Å². The Labute approximate surface area is 153 Å². The highest BCUT2D eigenvalue weighted by molar-refractivity contribution is 5.81. The first-order chi connectivity index (χ1) is 12.6. The van der Waals surface area contributed by atoms with Crippen LogP contribution in [0.5, 0.6) is 11.5 Å². The van der Waals surface area contributed by atoms with E-state index in [1.54, 1.807) is 7.11 Å². The second kappa shape index (κ2) is 6.56. The van der Waals surface area contributed by atoms with Crippen molar-refractivity contribution in [3.63, 3.8) is 0 Å². The van der Waals surface area contributed by atoms with Gasteiger partial charge in [0.25, 0.3) is 0 Å². The van der Waals surface area contributed by atoms with E-state index in [0.29, 0.717) is 25.4 Å². The zero-order valence-corrected chi connectivity index (χ0v) is 15.2. The number of anilines is 1. The molecular weight excluding hydrogens is 328 g/mol. The molecule has 5 heteroatoms. The minimum Gasteiger partial charge on any atom is -0.493 e. The van der Waals surface area contributed by atoms with E-state index in [0.717, 1.165) is 46.5 Å². The van der Waals surface area contributed by atoms with E-state index < -0.39 is 0 Å². The van der Waals surface area contributed by atoms with Crippen molar-refractivity contribution in [2.24, 2.45) is 5.92 Å². The molecule has 2 aliphatic rings. The number of carbonyl (C=O) groups excluding carboxylic acids is 1. The third-order valence-corrected chi connectivity index (χ3v) is 5.17. The molecule has 5 nitrogen and oxygen atoms in total. The molecule has 0 saturated heterocycles. The summed E-state index contributed by atoms with van der Waals surface area (Å²) in [5.41, 5.74) is 10.9. The van der Waals surface area contributed by atoms with E-state index in [-0.39, 0.29) is 11.8 Å². The van der Waals surface area contributed by atoms with Gasteiger partial charge in [-0.3, -0.25) is 4.79 Å². The molecule has 1 saturated carbocycles. The van der Waals surface area contributed by atoms with E-state index in [2.05, 4.69) is 12.1 Å². The summed E-state index contributed by atoms with van der Waals surface area (Å²) in [6.45, 7) is 3.64. The molecule has 2 aromatic carbocycles. The molecule has 1 amide bonds. The Morgan fingerprint density at radius 2 is 2.04 bits per heavy atom. The van der Waals surface area contributed by atoms with Crippen LogP contribution in [0.3, 0.4) is 0 Å². The topological polar surface area (TPSA) is 64.8 Å². The number of carbonyl (C=O) groups is 1. The van der Waals surface area contributed by atoms with Crippen LogP contribution >= 0.6 is 0 Å². The first-order valence-electron chi connectivity index (χ1n) is 9.06. The van der Waals surface area contributed by atoms with Crippen LogP contribution in [-0.4, -0.2) is 31.1 Å². The smallest absolute Gasteiger partial charge is 0.226 e. The predicted molar refractivity (Wildman–Crippen MR) is 101 cm³/mol. The number of amides is 1. The molecule has 0 atom stereocenters. The largest absolute Gasteiger partial charge is 0.493 e. The first kappa shape index (κ1) is 16.8. The van der Waals surface area contributed by atoms with Gasteiger partial charge in [0.1, 0.15) is 6.61 Å². The van der Waals surface area contributed by atoms with E-state index >= 15 is 0 Å².